The van der Waals surface area contributed by atoms with Crippen molar-refractivity contribution in [3.05, 3.63) is 35.9 Å². The van der Waals surface area contributed by atoms with Crippen LogP contribution in [0.25, 0.3) is 0 Å². The molecule has 0 aromatic heterocycles. The van der Waals surface area contributed by atoms with Gasteiger partial charge in [0.15, 0.2) is 0 Å². The summed E-state index contributed by atoms with van der Waals surface area (Å²) in [5, 5.41) is 0. The Morgan fingerprint density at radius 2 is 1.79 bits per heavy atom. The van der Waals surface area contributed by atoms with Gasteiger partial charge in [-0.1, -0.05) is 30.3 Å². The SMILES string of the molecule is CN(C1CC(OC(F)(F)F)C1)[C@H]1CCCC(=O)N2[C@H](CC[C@H]2C(=O)N2C[C@H](c3ccccc3)CC23CC3)C1. The number of ether oxygens (including phenoxy) is 1. The Labute approximate surface area is 222 Å². The van der Waals surface area contributed by atoms with Crippen molar-refractivity contribution in [2.24, 2.45) is 0 Å². The Kier molecular flexibility index (Phi) is 6.74. The van der Waals surface area contributed by atoms with Gasteiger partial charge in [0.05, 0.1) is 6.10 Å². The molecule has 1 aromatic rings. The molecule has 6 rings (SSSR count). The molecular weight excluding hydrogens is 495 g/mol. The first-order chi connectivity index (χ1) is 18.1. The Morgan fingerprint density at radius 3 is 2.47 bits per heavy atom. The van der Waals surface area contributed by atoms with Crippen molar-refractivity contribution in [2.45, 2.75) is 119 Å². The molecule has 2 aliphatic carbocycles. The van der Waals surface area contributed by atoms with E-state index in [9.17, 15) is 22.8 Å². The molecule has 38 heavy (non-hydrogen) atoms. The molecule has 3 aliphatic heterocycles. The van der Waals surface area contributed by atoms with E-state index in [-0.39, 0.29) is 35.5 Å². The first kappa shape index (κ1) is 26.1. The fraction of sp³-hybridized carbons (Fsp3) is 0.724. The number of alkyl halides is 3. The highest BCUT2D eigenvalue weighted by molar-refractivity contribution is 5.89. The monoisotopic (exact) mass is 533 g/mol. The zero-order chi connectivity index (χ0) is 26.7. The molecule has 0 N–H and O–H groups in total. The van der Waals surface area contributed by atoms with Gasteiger partial charge >= 0.3 is 6.36 Å². The second-order valence-corrected chi connectivity index (χ2v) is 12.3. The zero-order valence-corrected chi connectivity index (χ0v) is 22.0. The number of amides is 2. The van der Waals surface area contributed by atoms with Crippen LogP contribution in [0.3, 0.4) is 0 Å². The van der Waals surface area contributed by atoms with Gasteiger partial charge in [0.1, 0.15) is 6.04 Å². The summed E-state index contributed by atoms with van der Waals surface area (Å²) < 4.78 is 41.9. The highest BCUT2D eigenvalue weighted by atomic mass is 19.4. The second kappa shape index (κ2) is 9.81. The van der Waals surface area contributed by atoms with Crippen molar-refractivity contribution in [1.29, 1.82) is 0 Å². The Balaban J connectivity index is 1.12. The summed E-state index contributed by atoms with van der Waals surface area (Å²) in [6.07, 6.45) is 2.75. The number of likely N-dealkylation sites (tertiary alicyclic amines) is 1. The van der Waals surface area contributed by atoms with Crippen LogP contribution in [0.1, 0.15) is 82.1 Å². The third-order valence-corrected chi connectivity index (χ3v) is 10.0. The average molecular weight is 534 g/mol. The van der Waals surface area contributed by atoms with Crippen LogP contribution < -0.4 is 0 Å². The van der Waals surface area contributed by atoms with Crippen LogP contribution in [0.5, 0.6) is 0 Å². The quantitative estimate of drug-likeness (QED) is 0.544. The molecule has 2 amide bonds. The van der Waals surface area contributed by atoms with Crippen molar-refractivity contribution in [3.8, 4) is 0 Å². The highest BCUT2D eigenvalue weighted by Gasteiger charge is 2.58. The van der Waals surface area contributed by atoms with Crippen molar-refractivity contribution < 1.29 is 27.5 Å². The van der Waals surface area contributed by atoms with E-state index >= 15 is 0 Å². The number of halogens is 3. The van der Waals surface area contributed by atoms with Gasteiger partial charge < -0.3 is 14.7 Å². The van der Waals surface area contributed by atoms with Crippen molar-refractivity contribution >= 4 is 11.8 Å². The van der Waals surface area contributed by atoms with Crippen LogP contribution in [-0.4, -0.2) is 82.3 Å². The fourth-order valence-corrected chi connectivity index (χ4v) is 7.73. The van der Waals surface area contributed by atoms with Gasteiger partial charge in [0.25, 0.3) is 0 Å². The standard InChI is InChI=1S/C29H38F3N3O3/c1-33(23-15-24(16-23)38-29(30,31)32)21-8-5-9-26(36)35-22(14-21)10-11-25(35)27(37)34-18-20(17-28(34)12-13-28)19-6-3-2-4-7-19/h2-4,6-7,20-25H,5,8-18H2,1H3/t20-,21+,22-,23?,24?,25+/m1/s1. The third kappa shape index (κ3) is 4.96. The summed E-state index contributed by atoms with van der Waals surface area (Å²) in [5.74, 6) is 0.542. The van der Waals surface area contributed by atoms with Crippen molar-refractivity contribution in [3.63, 3.8) is 0 Å². The number of fused-ring (bicyclic) bond motifs is 1. The number of benzene rings is 1. The Hall–Kier alpha value is -2.13. The molecule has 9 heteroatoms. The van der Waals surface area contributed by atoms with Gasteiger partial charge in [-0.3, -0.25) is 14.3 Å². The lowest BCUT2D eigenvalue weighted by Crippen LogP contribution is -2.55. The van der Waals surface area contributed by atoms with E-state index in [2.05, 4.69) is 38.8 Å². The van der Waals surface area contributed by atoms with Crippen molar-refractivity contribution in [1.82, 2.24) is 14.7 Å². The van der Waals surface area contributed by atoms with Crippen LogP contribution in [-0.2, 0) is 14.3 Å². The normalized spacial score (nSPS) is 34.7. The smallest absolute Gasteiger partial charge is 0.335 e. The summed E-state index contributed by atoms with van der Waals surface area (Å²) >= 11 is 0. The molecule has 0 unspecified atom stereocenters. The van der Waals surface area contributed by atoms with Crippen molar-refractivity contribution in [2.75, 3.05) is 13.6 Å². The number of nitrogens with zero attached hydrogens (tertiary/aromatic N) is 3. The molecule has 1 spiro atoms. The van der Waals surface area contributed by atoms with E-state index in [0.29, 0.717) is 31.6 Å². The lowest BCUT2D eigenvalue weighted by molar-refractivity contribution is -0.354. The predicted octanol–water partition coefficient (Wildman–Crippen LogP) is 4.84. The summed E-state index contributed by atoms with van der Waals surface area (Å²) in [4.78, 5) is 33.6. The second-order valence-electron chi connectivity index (χ2n) is 12.3. The molecule has 0 bridgehead atoms. The van der Waals surface area contributed by atoms with E-state index in [1.807, 2.05) is 18.0 Å². The van der Waals surface area contributed by atoms with Gasteiger partial charge in [-0.25, -0.2) is 0 Å². The van der Waals surface area contributed by atoms with Gasteiger partial charge in [0, 0.05) is 42.5 Å². The number of rotatable bonds is 5. The maximum atomic E-state index is 14.0. The molecule has 5 fully saturated rings. The first-order valence-electron chi connectivity index (χ1n) is 14.3. The van der Waals surface area contributed by atoms with E-state index in [0.717, 1.165) is 51.5 Å². The van der Waals surface area contributed by atoms with E-state index in [1.165, 1.54) is 5.56 Å². The van der Waals surface area contributed by atoms with Crippen LogP contribution in [0.2, 0.25) is 0 Å². The summed E-state index contributed by atoms with van der Waals surface area (Å²) in [6.45, 7) is 0.722. The number of carbonyl (C=O) groups is 2. The summed E-state index contributed by atoms with van der Waals surface area (Å²) in [5.41, 5.74) is 1.24. The molecule has 1 aromatic carbocycles. The zero-order valence-electron chi connectivity index (χ0n) is 22.0. The largest absolute Gasteiger partial charge is 0.522 e. The number of carbonyl (C=O) groups excluding carboxylic acids is 2. The summed E-state index contributed by atoms with van der Waals surface area (Å²) in [7, 11) is 2.00. The molecule has 208 valence electrons. The molecule has 5 aliphatic rings. The van der Waals surface area contributed by atoms with Crippen LogP contribution in [0, 0.1) is 0 Å². The van der Waals surface area contributed by atoms with Gasteiger partial charge in [0.2, 0.25) is 11.8 Å². The molecule has 6 nitrogen and oxygen atoms in total. The highest BCUT2D eigenvalue weighted by Crippen LogP contribution is 2.54. The fourth-order valence-electron chi connectivity index (χ4n) is 7.73. The van der Waals surface area contributed by atoms with Crippen LogP contribution in [0.4, 0.5) is 13.2 Å². The van der Waals surface area contributed by atoms with E-state index < -0.39 is 18.5 Å². The summed E-state index contributed by atoms with van der Waals surface area (Å²) in [6, 6.07) is 10.3. The van der Waals surface area contributed by atoms with Gasteiger partial charge in [-0.05, 0) is 76.8 Å². The van der Waals surface area contributed by atoms with Gasteiger partial charge in [-0.2, -0.15) is 0 Å². The van der Waals surface area contributed by atoms with E-state index in [1.54, 1.807) is 0 Å². The van der Waals surface area contributed by atoms with Crippen LogP contribution >= 0.6 is 0 Å². The maximum Gasteiger partial charge on any atom is 0.522 e. The lowest BCUT2D eigenvalue weighted by Gasteiger charge is -2.46. The molecule has 3 heterocycles. The number of hydrogen-bond acceptors (Lipinski definition) is 4. The van der Waals surface area contributed by atoms with Gasteiger partial charge in [-0.15, -0.1) is 13.2 Å². The number of hydrogen-bond donors (Lipinski definition) is 0. The minimum Gasteiger partial charge on any atom is -0.335 e. The first-order valence-corrected chi connectivity index (χ1v) is 14.3. The maximum absolute atomic E-state index is 14.0. The third-order valence-electron chi connectivity index (χ3n) is 10.0. The predicted molar refractivity (Wildman–Crippen MR) is 135 cm³/mol. The molecule has 3 saturated heterocycles. The minimum absolute atomic E-state index is 0.00850. The van der Waals surface area contributed by atoms with E-state index in [4.69, 9.17) is 0 Å². The molecular formula is C29H38F3N3O3. The molecule has 2 saturated carbocycles. The lowest BCUT2D eigenvalue weighted by atomic mass is 9.85. The topological polar surface area (TPSA) is 53.1 Å². The molecule has 4 atom stereocenters. The Morgan fingerprint density at radius 1 is 1.05 bits per heavy atom. The Bertz CT molecular complexity index is 1040. The average Bonchev–Trinajstić information content (AvgIpc) is 3.34. The van der Waals surface area contributed by atoms with Crippen LogP contribution in [0.15, 0.2) is 30.3 Å². The minimum atomic E-state index is -4.59. The molecule has 0 radical (unpaired) electrons.